The minimum atomic E-state index is -0.651. The molecule has 0 radical (unpaired) electrons. The summed E-state index contributed by atoms with van der Waals surface area (Å²) in [4.78, 5) is 35.6. The Kier molecular flexibility index (Phi) is 6.99. The molecule has 4 aromatic rings. The number of aromatic amines is 1. The number of esters is 1. The lowest BCUT2D eigenvalue weighted by molar-refractivity contribution is 0.0187. The lowest BCUT2D eigenvalue weighted by Crippen LogP contribution is -2.36. The Hall–Kier alpha value is -4.04. The predicted molar refractivity (Wildman–Crippen MR) is 147 cm³/mol. The molecule has 9 heteroatoms. The van der Waals surface area contributed by atoms with Gasteiger partial charge in [-0.3, -0.25) is 0 Å². The fourth-order valence-corrected chi connectivity index (χ4v) is 4.64. The Balaban J connectivity index is 1.40. The van der Waals surface area contributed by atoms with Crippen LogP contribution in [0.3, 0.4) is 0 Å². The number of benzene rings is 3. The molecule has 2 atom stereocenters. The molecule has 8 nitrogen and oxygen atoms in total. The number of halogens is 1. The largest absolute Gasteiger partial charge is 0.455 e. The standard InChI is InChI=1S/C29H29ClN4O4/c1-29(2,3)38-28(36)34-16-24(33-27-31-22-14-13-19(30)15-23(22)32-27)25(17-34)37-26(35)21-12-8-7-11-20(21)18-9-5-4-6-10-18/h4-15,24-25H,16-17H2,1-3H3,(H2,31,32,33)/t24-,25-/m0/s1. The van der Waals surface area contributed by atoms with Crippen molar-refractivity contribution in [3.8, 4) is 11.1 Å². The van der Waals surface area contributed by atoms with Crippen molar-refractivity contribution in [2.24, 2.45) is 0 Å². The third-order valence-corrected chi connectivity index (χ3v) is 6.41. The molecule has 2 heterocycles. The number of fused-ring (bicyclic) bond motifs is 1. The van der Waals surface area contributed by atoms with Crippen molar-refractivity contribution in [3.63, 3.8) is 0 Å². The molecule has 0 aliphatic carbocycles. The second-order valence-corrected chi connectivity index (χ2v) is 10.7. The molecule has 0 saturated carbocycles. The molecule has 0 bridgehead atoms. The van der Waals surface area contributed by atoms with E-state index >= 15 is 0 Å². The Morgan fingerprint density at radius 2 is 1.76 bits per heavy atom. The van der Waals surface area contributed by atoms with E-state index in [1.165, 1.54) is 0 Å². The van der Waals surface area contributed by atoms with Crippen LogP contribution < -0.4 is 5.32 Å². The third-order valence-electron chi connectivity index (χ3n) is 6.17. The van der Waals surface area contributed by atoms with Gasteiger partial charge in [0.15, 0.2) is 0 Å². The number of rotatable bonds is 5. The minimum absolute atomic E-state index is 0.178. The van der Waals surface area contributed by atoms with Gasteiger partial charge in [-0.05, 0) is 56.2 Å². The van der Waals surface area contributed by atoms with Gasteiger partial charge in [-0.15, -0.1) is 0 Å². The van der Waals surface area contributed by atoms with Gasteiger partial charge in [0, 0.05) is 11.6 Å². The van der Waals surface area contributed by atoms with Crippen molar-refractivity contribution in [1.82, 2.24) is 14.9 Å². The highest BCUT2D eigenvalue weighted by Crippen LogP contribution is 2.27. The highest BCUT2D eigenvalue weighted by molar-refractivity contribution is 6.31. The van der Waals surface area contributed by atoms with E-state index in [4.69, 9.17) is 21.1 Å². The van der Waals surface area contributed by atoms with Crippen LogP contribution in [0.1, 0.15) is 31.1 Å². The summed E-state index contributed by atoms with van der Waals surface area (Å²) >= 11 is 6.12. The Bertz CT molecular complexity index is 1460. The average molecular weight is 533 g/mol. The first-order valence-electron chi connectivity index (χ1n) is 12.4. The maximum absolute atomic E-state index is 13.5. The number of H-pyrrole nitrogens is 1. The van der Waals surface area contributed by atoms with Crippen LogP contribution in [0.15, 0.2) is 72.8 Å². The van der Waals surface area contributed by atoms with Gasteiger partial charge in [-0.1, -0.05) is 60.1 Å². The summed E-state index contributed by atoms with van der Waals surface area (Å²) in [5.41, 5.74) is 3.00. The van der Waals surface area contributed by atoms with Crippen LogP contribution in [0.4, 0.5) is 10.7 Å². The van der Waals surface area contributed by atoms with Crippen molar-refractivity contribution < 1.29 is 19.1 Å². The van der Waals surface area contributed by atoms with Crippen molar-refractivity contribution in [3.05, 3.63) is 83.4 Å². The number of amides is 1. The summed E-state index contributed by atoms with van der Waals surface area (Å²) < 4.78 is 11.6. The SMILES string of the molecule is CC(C)(C)OC(=O)N1C[C@H](Nc2nc3ccc(Cl)cc3[nH]2)[C@@H](OC(=O)c2ccccc2-c2ccccc2)C1. The zero-order chi connectivity index (χ0) is 26.9. The fraction of sp³-hybridized carbons (Fsp3) is 0.276. The summed E-state index contributed by atoms with van der Waals surface area (Å²) in [5, 5.41) is 3.91. The first-order valence-corrected chi connectivity index (χ1v) is 12.8. The summed E-state index contributed by atoms with van der Waals surface area (Å²) in [5.74, 6) is 0.0210. The molecule has 1 aliphatic heterocycles. The second-order valence-electron chi connectivity index (χ2n) is 10.2. The van der Waals surface area contributed by atoms with E-state index in [1.807, 2.05) is 69.3 Å². The summed E-state index contributed by atoms with van der Waals surface area (Å²) in [7, 11) is 0. The van der Waals surface area contributed by atoms with Crippen LogP contribution in [-0.2, 0) is 9.47 Å². The van der Waals surface area contributed by atoms with Gasteiger partial charge in [-0.2, -0.15) is 0 Å². The summed E-state index contributed by atoms with van der Waals surface area (Å²) in [6, 6.07) is 21.9. The number of carbonyl (C=O) groups is 2. The number of nitrogens with one attached hydrogen (secondary N) is 2. The number of ether oxygens (including phenoxy) is 2. The van der Waals surface area contributed by atoms with E-state index in [1.54, 1.807) is 29.2 Å². The lowest BCUT2D eigenvalue weighted by atomic mass is 10.00. The van der Waals surface area contributed by atoms with E-state index < -0.39 is 29.8 Å². The maximum Gasteiger partial charge on any atom is 0.410 e. The molecule has 38 heavy (non-hydrogen) atoms. The molecule has 3 aromatic carbocycles. The van der Waals surface area contributed by atoms with Crippen LogP contribution in [0.25, 0.3) is 22.2 Å². The molecule has 0 unspecified atom stereocenters. The van der Waals surface area contributed by atoms with Crippen molar-refractivity contribution in [1.29, 1.82) is 0 Å². The van der Waals surface area contributed by atoms with Gasteiger partial charge < -0.3 is 24.7 Å². The van der Waals surface area contributed by atoms with E-state index in [-0.39, 0.29) is 13.1 Å². The van der Waals surface area contributed by atoms with Gasteiger partial charge in [0.05, 0.1) is 29.2 Å². The molecule has 1 saturated heterocycles. The van der Waals surface area contributed by atoms with Crippen LogP contribution in [-0.4, -0.2) is 57.8 Å². The Morgan fingerprint density at radius 1 is 1.03 bits per heavy atom. The number of hydrogen-bond donors (Lipinski definition) is 2. The number of aromatic nitrogens is 2. The van der Waals surface area contributed by atoms with Crippen LogP contribution in [0.2, 0.25) is 5.02 Å². The molecule has 1 amide bonds. The highest BCUT2D eigenvalue weighted by Gasteiger charge is 2.40. The average Bonchev–Trinajstić information content (AvgIpc) is 3.46. The second kappa shape index (κ2) is 10.4. The first kappa shape index (κ1) is 25.6. The predicted octanol–water partition coefficient (Wildman–Crippen LogP) is 6.14. The molecule has 0 spiro atoms. The molecule has 1 aromatic heterocycles. The third kappa shape index (κ3) is 5.75. The van der Waals surface area contributed by atoms with Gasteiger partial charge in [0.2, 0.25) is 5.95 Å². The Morgan fingerprint density at radius 3 is 2.53 bits per heavy atom. The van der Waals surface area contributed by atoms with Crippen LogP contribution in [0.5, 0.6) is 0 Å². The zero-order valence-electron chi connectivity index (χ0n) is 21.4. The lowest BCUT2D eigenvalue weighted by Gasteiger charge is -2.24. The topological polar surface area (TPSA) is 96.6 Å². The molecular weight excluding hydrogens is 504 g/mol. The van der Waals surface area contributed by atoms with Gasteiger partial charge in [0.1, 0.15) is 11.7 Å². The van der Waals surface area contributed by atoms with Gasteiger partial charge in [-0.25, -0.2) is 14.6 Å². The van der Waals surface area contributed by atoms with Crippen molar-refractivity contribution >= 4 is 40.6 Å². The number of hydrogen-bond acceptors (Lipinski definition) is 6. The Labute approximate surface area is 225 Å². The van der Waals surface area contributed by atoms with Crippen LogP contribution >= 0.6 is 11.6 Å². The monoisotopic (exact) mass is 532 g/mol. The molecule has 1 aliphatic rings. The molecule has 1 fully saturated rings. The molecular formula is C29H29ClN4O4. The van der Waals surface area contributed by atoms with E-state index in [2.05, 4.69) is 15.3 Å². The number of imidazole rings is 1. The zero-order valence-corrected chi connectivity index (χ0v) is 22.2. The highest BCUT2D eigenvalue weighted by atomic mass is 35.5. The van der Waals surface area contributed by atoms with E-state index in [0.717, 1.165) is 22.2 Å². The number of nitrogens with zero attached hydrogens (tertiary/aromatic N) is 2. The smallest absolute Gasteiger partial charge is 0.410 e. The van der Waals surface area contributed by atoms with Gasteiger partial charge >= 0.3 is 12.1 Å². The summed E-state index contributed by atoms with van der Waals surface area (Å²) in [6.45, 7) is 5.89. The normalized spacial score (nSPS) is 17.4. The quantitative estimate of drug-likeness (QED) is 0.300. The number of carbonyl (C=O) groups excluding carboxylic acids is 2. The minimum Gasteiger partial charge on any atom is -0.455 e. The summed E-state index contributed by atoms with van der Waals surface area (Å²) in [6.07, 6.45) is -1.11. The number of anilines is 1. The molecule has 2 N–H and O–H groups in total. The molecule has 196 valence electrons. The van der Waals surface area contributed by atoms with Gasteiger partial charge in [0.25, 0.3) is 0 Å². The van der Waals surface area contributed by atoms with Crippen molar-refractivity contribution in [2.45, 2.75) is 38.5 Å². The van der Waals surface area contributed by atoms with E-state index in [9.17, 15) is 9.59 Å². The number of likely N-dealkylation sites (tertiary alicyclic amines) is 1. The maximum atomic E-state index is 13.5. The van der Waals surface area contributed by atoms with E-state index in [0.29, 0.717) is 16.5 Å². The molecule has 5 rings (SSSR count). The van der Waals surface area contributed by atoms with Crippen LogP contribution in [0, 0.1) is 0 Å². The van der Waals surface area contributed by atoms with Crippen molar-refractivity contribution in [2.75, 3.05) is 18.4 Å². The fourth-order valence-electron chi connectivity index (χ4n) is 4.46. The first-order chi connectivity index (χ1) is 18.2.